The zero-order chi connectivity index (χ0) is 9.10. The molecule has 2 bridgehead atoms. The second-order valence-electron chi connectivity index (χ2n) is 3.87. The molecular formula is C12H16O. The highest BCUT2D eigenvalue weighted by atomic mass is 16.2. The van der Waals surface area contributed by atoms with Crippen LogP contribution in [0.4, 0.5) is 0 Å². The summed E-state index contributed by atoms with van der Waals surface area (Å²) in [6.45, 7) is 0.278. The van der Waals surface area contributed by atoms with Gasteiger partial charge in [-0.15, -0.1) is 0 Å². The van der Waals surface area contributed by atoms with E-state index in [0.717, 1.165) is 12.3 Å². The third-order valence-corrected chi connectivity index (χ3v) is 2.90. The molecule has 0 aromatic rings. The number of aliphatic hydroxyl groups excluding tert-OH is 1. The van der Waals surface area contributed by atoms with Crippen LogP contribution in [0.25, 0.3) is 0 Å². The fourth-order valence-electron chi connectivity index (χ4n) is 2.27. The Labute approximate surface area is 79.5 Å². The molecule has 0 aliphatic heterocycles. The maximum Gasteiger partial charge on any atom is 0.0465 e. The number of allylic oxidation sites excluding steroid dienone is 5. The second kappa shape index (κ2) is 3.93. The minimum Gasteiger partial charge on any atom is -0.396 e. The van der Waals surface area contributed by atoms with Gasteiger partial charge in [0, 0.05) is 6.61 Å². The zero-order valence-electron chi connectivity index (χ0n) is 7.82. The summed E-state index contributed by atoms with van der Waals surface area (Å²) in [7, 11) is 0. The molecule has 13 heavy (non-hydrogen) atoms. The van der Waals surface area contributed by atoms with Gasteiger partial charge in [0.1, 0.15) is 0 Å². The van der Waals surface area contributed by atoms with Crippen LogP contribution in [0, 0.1) is 11.8 Å². The second-order valence-corrected chi connectivity index (χ2v) is 3.87. The Morgan fingerprint density at radius 1 is 1.38 bits per heavy atom. The number of rotatable bonds is 2. The molecule has 2 rings (SSSR count). The van der Waals surface area contributed by atoms with Crippen LogP contribution in [-0.4, -0.2) is 11.7 Å². The van der Waals surface area contributed by atoms with E-state index in [1.54, 1.807) is 0 Å². The largest absolute Gasteiger partial charge is 0.396 e. The first-order valence-electron chi connectivity index (χ1n) is 5.05. The van der Waals surface area contributed by atoms with Crippen LogP contribution in [0.15, 0.2) is 36.0 Å². The topological polar surface area (TPSA) is 20.2 Å². The highest BCUT2D eigenvalue weighted by Gasteiger charge is 2.26. The van der Waals surface area contributed by atoms with Gasteiger partial charge in [-0.1, -0.05) is 36.0 Å². The van der Waals surface area contributed by atoms with E-state index in [9.17, 15) is 0 Å². The van der Waals surface area contributed by atoms with Crippen molar-refractivity contribution in [2.75, 3.05) is 6.61 Å². The Bertz CT molecular complexity index is 260. The van der Waals surface area contributed by atoms with Crippen LogP contribution in [0.2, 0.25) is 0 Å². The summed E-state index contributed by atoms with van der Waals surface area (Å²) in [5.41, 5.74) is 1.53. The summed E-state index contributed by atoms with van der Waals surface area (Å²) in [6, 6.07) is 0. The molecule has 2 atom stereocenters. The summed E-state index contributed by atoms with van der Waals surface area (Å²) < 4.78 is 0. The molecule has 0 aromatic heterocycles. The van der Waals surface area contributed by atoms with Gasteiger partial charge in [-0.25, -0.2) is 0 Å². The Balaban J connectivity index is 2.09. The number of hydrogen-bond donors (Lipinski definition) is 1. The first-order valence-corrected chi connectivity index (χ1v) is 5.05. The molecule has 0 saturated heterocycles. The average molecular weight is 176 g/mol. The Morgan fingerprint density at radius 2 is 2.23 bits per heavy atom. The minimum atomic E-state index is 0.278. The SMILES string of the molecule is OCC/C=C1\C[C@H]2C=CC=C[C@@H]1C2. The molecule has 1 nitrogen and oxygen atoms in total. The van der Waals surface area contributed by atoms with Crippen molar-refractivity contribution in [1.29, 1.82) is 0 Å². The Morgan fingerprint density at radius 3 is 3.08 bits per heavy atom. The molecule has 0 spiro atoms. The molecule has 1 heteroatoms. The molecule has 1 saturated carbocycles. The van der Waals surface area contributed by atoms with E-state index in [0.29, 0.717) is 5.92 Å². The van der Waals surface area contributed by atoms with Crippen molar-refractivity contribution in [2.45, 2.75) is 19.3 Å². The van der Waals surface area contributed by atoms with Crippen molar-refractivity contribution in [3.05, 3.63) is 36.0 Å². The number of fused-ring (bicyclic) bond motifs is 2. The van der Waals surface area contributed by atoms with Crippen LogP contribution in [-0.2, 0) is 0 Å². The number of hydrogen-bond acceptors (Lipinski definition) is 1. The van der Waals surface area contributed by atoms with Gasteiger partial charge in [0.2, 0.25) is 0 Å². The van der Waals surface area contributed by atoms with Gasteiger partial charge >= 0.3 is 0 Å². The molecule has 0 heterocycles. The molecule has 0 aromatic carbocycles. The Kier molecular flexibility index (Phi) is 2.65. The van der Waals surface area contributed by atoms with Crippen LogP contribution >= 0.6 is 0 Å². The lowest BCUT2D eigenvalue weighted by Crippen LogP contribution is -1.92. The van der Waals surface area contributed by atoms with Gasteiger partial charge in [0.25, 0.3) is 0 Å². The predicted molar refractivity (Wildman–Crippen MR) is 54.3 cm³/mol. The van der Waals surface area contributed by atoms with Crippen molar-refractivity contribution in [3.63, 3.8) is 0 Å². The summed E-state index contributed by atoms with van der Waals surface area (Å²) in [6.07, 6.45) is 14.4. The van der Waals surface area contributed by atoms with Crippen LogP contribution in [0.1, 0.15) is 19.3 Å². The van der Waals surface area contributed by atoms with Gasteiger partial charge in [-0.3, -0.25) is 0 Å². The van der Waals surface area contributed by atoms with E-state index in [2.05, 4.69) is 30.4 Å². The minimum absolute atomic E-state index is 0.278. The molecule has 1 N–H and O–H groups in total. The van der Waals surface area contributed by atoms with Crippen LogP contribution < -0.4 is 0 Å². The van der Waals surface area contributed by atoms with Crippen molar-refractivity contribution < 1.29 is 5.11 Å². The molecule has 0 radical (unpaired) electrons. The molecule has 2 aliphatic carbocycles. The molecule has 0 amide bonds. The van der Waals surface area contributed by atoms with Crippen molar-refractivity contribution in [1.82, 2.24) is 0 Å². The van der Waals surface area contributed by atoms with Crippen LogP contribution in [0.5, 0.6) is 0 Å². The van der Waals surface area contributed by atoms with E-state index in [4.69, 9.17) is 5.11 Å². The zero-order valence-corrected chi connectivity index (χ0v) is 7.82. The molecule has 0 unspecified atom stereocenters. The Hall–Kier alpha value is -0.820. The standard InChI is InChI=1S/C12H16O/c13-7-3-6-12-9-10-4-1-2-5-11(12)8-10/h1-2,4-6,10-11,13H,3,7-9H2/b12-6+/t10-,11+/m0/s1. The lowest BCUT2D eigenvalue weighted by atomic mass is 10.0. The van der Waals surface area contributed by atoms with E-state index < -0.39 is 0 Å². The fraction of sp³-hybridized carbons (Fsp3) is 0.500. The maximum atomic E-state index is 8.75. The first kappa shape index (κ1) is 8.76. The molecule has 2 aliphatic rings. The molecule has 70 valence electrons. The monoisotopic (exact) mass is 176 g/mol. The van der Waals surface area contributed by atoms with Crippen LogP contribution in [0.3, 0.4) is 0 Å². The quantitative estimate of drug-likeness (QED) is 0.641. The van der Waals surface area contributed by atoms with E-state index in [1.165, 1.54) is 18.4 Å². The molecular weight excluding hydrogens is 160 g/mol. The third kappa shape index (κ3) is 1.92. The normalized spacial score (nSPS) is 34.1. The fourth-order valence-corrected chi connectivity index (χ4v) is 2.27. The highest BCUT2D eigenvalue weighted by molar-refractivity contribution is 5.26. The smallest absolute Gasteiger partial charge is 0.0465 e. The third-order valence-electron chi connectivity index (χ3n) is 2.90. The summed E-state index contributed by atoms with van der Waals surface area (Å²) in [4.78, 5) is 0. The highest BCUT2D eigenvalue weighted by Crippen LogP contribution is 2.39. The molecule has 1 fully saturated rings. The average Bonchev–Trinajstić information content (AvgIpc) is 2.32. The maximum absolute atomic E-state index is 8.75. The van der Waals surface area contributed by atoms with Crippen molar-refractivity contribution >= 4 is 0 Å². The summed E-state index contributed by atoms with van der Waals surface area (Å²) >= 11 is 0. The van der Waals surface area contributed by atoms with Gasteiger partial charge < -0.3 is 5.11 Å². The first-order chi connectivity index (χ1) is 6.40. The lowest BCUT2D eigenvalue weighted by molar-refractivity contribution is 0.302. The lowest BCUT2D eigenvalue weighted by Gasteiger charge is -2.05. The van der Waals surface area contributed by atoms with Gasteiger partial charge in [-0.05, 0) is 31.1 Å². The van der Waals surface area contributed by atoms with Gasteiger partial charge in [-0.2, -0.15) is 0 Å². The number of aliphatic hydroxyl groups is 1. The van der Waals surface area contributed by atoms with E-state index in [-0.39, 0.29) is 6.61 Å². The summed E-state index contributed by atoms with van der Waals surface area (Å²) in [5, 5.41) is 8.75. The van der Waals surface area contributed by atoms with E-state index in [1.807, 2.05) is 0 Å². The predicted octanol–water partition coefficient (Wildman–Crippen LogP) is 2.45. The summed E-state index contributed by atoms with van der Waals surface area (Å²) in [5.74, 6) is 1.39. The van der Waals surface area contributed by atoms with Gasteiger partial charge in [0.05, 0.1) is 0 Å². The van der Waals surface area contributed by atoms with Gasteiger partial charge in [0.15, 0.2) is 0 Å². The van der Waals surface area contributed by atoms with Crippen molar-refractivity contribution in [2.24, 2.45) is 11.8 Å². The van der Waals surface area contributed by atoms with Crippen molar-refractivity contribution in [3.8, 4) is 0 Å². The van der Waals surface area contributed by atoms with E-state index >= 15 is 0 Å².